The van der Waals surface area contributed by atoms with E-state index in [1.54, 1.807) is 30.3 Å². The summed E-state index contributed by atoms with van der Waals surface area (Å²) in [7, 11) is 0. The predicted octanol–water partition coefficient (Wildman–Crippen LogP) is 2.09. The Morgan fingerprint density at radius 3 is 2.52 bits per heavy atom. The molecule has 0 bridgehead atoms. The molecule has 3 rings (SSSR count). The smallest absolute Gasteiger partial charge is 0.326 e. The highest BCUT2D eigenvalue weighted by atomic mass is 32.2. The fourth-order valence-corrected chi connectivity index (χ4v) is 3.57. The maximum absolute atomic E-state index is 12.6. The molecule has 2 fully saturated rings. The minimum atomic E-state index is -0.983. The highest BCUT2D eigenvalue weighted by Crippen LogP contribution is 2.26. The van der Waals surface area contributed by atoms with Gasteiger partial charge in [0.25, 0.3) is 17.1 Å². The van der Waals surface area contributed by atoms with Gasteiger partial charge in [0.2, 0.25) is 0 Å². The van der Waals surface area contributed by atoms with Crippen LogP contribution in [0.15, 0.2) is 29.2 Å². The molecular formula is C17H16N2O5S. The summed E-state index contributed by atoms with van der Waals surface area (Å²) in [5.41, 5.74) is 1.08. The maximum atomic E-state index is 12.6. The van der Waals surface area contributed by atoms with Crippen LogP contribution in [0.3, 0.4) is 0 Å². The number of aliphatic carboxylic acids is 1. The van der Waals surface area contributed by atoms with Gasteiger partial charge in [-0.15, -0.1) is 0 Å². The zero-order valence-corrected chi connectivity index (χ0v) is 14.0. The van der Waals surface area contributed by atoms with E-state index in [-0.39, 0.29) is 5.91 Å². The number of carboxylic acids is 1. The number of carbonyl (C=O) groups is 4. The van der Waals surface area contributed by atoms with Crippen molar-refractivity contribution in [1.82, 2.24) is 10.2 Å². The molecule has 3 amide bonds. The molecule has 2 aliphatic heterocycles. The van der Waals surface area contributed by atoms with Crippen molar-refractivity contribution in [2.75, 3.05) is 6.54 Å². The van der Waals surface area contributed by atoms with Crippen LogP contribution in [0, 0.1) is 0 Å². The van der Waals surface area contributed by atoms with E-state index in [1.807, 2.05) is 0 Å². The van der Waals surface area contributed by atoms with Crippen LogP contribution in [-0.2, 0) is 9.59 Å². The molecule has 0 aromatic heterocycles. The number of imide groups is 1. The third-order valence-corrected chi connectivity index (χ3v) is 4.96. The lowest BCUT2D eigenvalue weighted by Crippen LogP contribution is -2.47. The zero-order chi connectivity index (χ0) is 18.0. The predicted molar refractivity (Wildman–Crippen MR) is 91.9 cm³/mol. The molecule has 1 atom stereocenters. The van der Waals surface area contributed by atoms with Crippen LogP contribution < -0.4 is 5.32 Å². The summed E-state index contributed by atoms with van der Waals surface area (Å²) in [5, 5.41) is 11.1. The molecular weight excluding hydrogens is 344 g/mol. The van der Waals surface area contributed by atoms with Gasteiger partial charge in [0.15, 0.2) is 0 Å². The zero-order valence-electron chi connectivity index (χ0n) is 13.2. The lowest BCUT2D eigenvalue weighted by molar-refractivity contribution is -0.143. The Morgan fingerprint density at radius 1 is 1.20 bits per heavy atom. The normalized spacial score (nSPS) is 22.2. The first-order chi connectivity index (χ1) is 12.0. The summed E-state index contributed by atoms with van der Waals surface area (Å²) in [6, 6.07) is 5.74. The van der Waals surface area contributed by atoms with Crippen LogP contribution >= 0.6 is 11.8 Å². The summed E-state index contributed by atoms with van der Waals surface area (Å²) in [6.07, 6.45) is 3.62. The van der Waals surface area contributed by atoms with Crippen LogP contribution in [0.4, 0.5) is 4.79 Å². The lowest BCUT2D eigenvalue weighted by atomic mass is 10.0. The van der Waals surface area contributed by atoms with Gasteiger partial charge in [-0.2, -0.15) is 0 Å². The third-order valence-electron chi connectivity index (χ3n) is 4.15. The van der Waals surface area contributed by atoms with E-state index in [4.69, 9.17) is 0 Å². The summed E-state index contributed by atoms with van der Waals surface area (Å²) in [5.74, 6) is -1.73. The number of piperidine rings is 1. The fraction of sp³-hybridized carbons (Fsp3) is 0.294. The molecule has 2 heterocycles. The SMILES string of the molecule is O=C1NC(=O)C(=Cc2ccc(C(=O)N3CCCCC3C(=O)O)cc2)S1. The monoisotopic (exact) mass is 360 g/mol. The van der Waals surface area contributed by atoms with Crippen molar-refractivity contribution in [3.05, 3.63) is 40.3 Å². The first-order valence-corrected chi connectivity index (χ1v) is 8.66. The highest BCUT2D eigenvalue weighted by Gasteiger charge is 2.32. The molecule has 1 unspecified atom stereocenters. The Hall–Kier alpha value is -2.61. The third kappa shape index (κ3) is 3.74. The number of carboxylic acid groups (broad SMARTS) is 1. The van der Waals surface area contributed by atoms with E-state index in [0.717, 1.165) is 24.6 Å². The van der Waals surface area contributed by atoms with Crippen LogP contribution in [0.25, 0.3) is 6.08 Å². The minimum absolute atomic E-state index is 0.297. The van der Waals surface area contributed by atoms with E-state index >= 15 is 0 Å². The van der Waals surface area contributed by atoms with Crippen molar-refractivity contribution >= 4 is 40.9 Å². The van der Waals surface area contributed by atoms with Crippen molar-refractivity contribution in [3.8, 4) is 0 Å². The quantitative estimate of drug-likeness (QED) is 0.800. The molecule has 8 heteroatoms. The Labute approximate surface area is 148 Å². The van der Waals surface area contributed by atoms with Gasteiger partial charge in [-0.25, -0.2) is 4.79 Å². The second kappa shape index (κ2) is 7.10. The van der Waals surface area contributed by atoms with Gasteiger partial charge in [-0.1, -0.05) is 12.1 Å². The number of amides is 3. The molecule has 0 aliphatic carbocycles. The van der Waals surface area contributed by atoms with E-state index in [0.29, 0.717) is 29.0 Å². The molecule has 0 radical (unpaired) electrons. The Balaban J connectivity index is 1.76. The van der Waals surface area contributed by atoms with E-state index in [9.17, 15) is 24.3 Å². The number of carbonyl (C=O) groups excluding carboxylic acids is 3. The molecule has 2 N–H and O–H groups in total. The average Bonchev–Trinajstić information content (AvgIpc) is 2.92. The molecule has 7 nitrogen and oxygen atoms in total. The summed E-state index contributed by atoms with van der Waals surface area (Å²) < 4.78 is 0. The molecule has 0 saturated carbocycles. The van der Waals surface area contributed by atoms with Gasteiger partial charge in [0, 0.05) is 12.1 Å². The largest absolute Gasteiger partial charge is 0.480 e. The molecule has 1 aromatic carbocycles. The molecule has 0 spiro atoms. The van der Waals surface area contributed by atoms with Crippen molar-refractivity contribution in [2.24, 2.45) is 0 Å². The number of thioether (sulfide) groups is 1. The van der Waals surface area contributed by atoms with E-state index in [1.165, 1.54) is 4.90 Å². The Bertz CT molecular complexity index is 772. The standard InChI is InChI=1S/C17H16N2O5S/c20-14-13(25-17(24)18-14)9-10-4-6-11(7-5-10)15(21)19-8-2-1-3-12(19)16(22)23/h4-7,9,12H,1-3,8H2,(H,22,23)(H,18,20,24). The van der Waals surface area contributed by atoms with Gasteiger partial charge in [-0.05, 0) is 54.8 Å². The summed E-state index contributed by atoms with van der Waals surface area (Å²) >= 11 is 0.826. The molecule has 2 saturated heterocycles. The number of nitrogens with one attached hydrogen (secondary N) is 1. The van der Waals surface area contributed by atoms with Crippen LogP contribution in [0.2, 0.25) is 0 Å². The average molecular weight is 360 g/mol. The second-order valence-electron chi connectivity index (χ2n) is 5.82. The maximum Gasteiger partial charge on any atom is 0.326 e. The topological polar surface area (TPSA) is 104 Å². The Morgan fingerprint density at radius 2 is 1.92 bits per heavy atom. The lowest BCUT2D eigenvalue weighted by Gasteiger charge is -2.33. The van der Waals surface area contributed by atoms with Crippen molar-refractivity contribution in [2.45, 2.75) is 25.3 Å². The molecule has 2 aliphatic rings. The van der Waals surface area contributed by atoms with E-state index < -0.39 is 23.2 Å². The number of nitrogens with zero attached hydrogens (tertiary/aromatic N) is 1. The van der Waals surface area contributed by atoms with E-state index in [2.05, 4.69) is 5.32 Å². The van der Waals surface area contributed by atoms with Gasteiger partial charge in [0.1, 0.15) is 6.04 Å². The van der Waals surface area contributed by atoms with Gasteiger partial charge >= 0.3 is 5.97 Å². The number of likely N-dealkylation sites (tertiary alicyclic amines) is 1. The van der Waals surface area contributed by atoms with Crippen LogP contribution in [0.5, 0.6) is 0 Å². The number of rotatable bonds is 3. The van der Waals surface area contributed by atoms with Crippen molar-refractivity contribution < 1.29 is 24.3 Å². The Kier molecular flexibility index (Phi) is 4.89. The first-order valence-electron chi connectivity index (χ1n) is 7.84. The molecule has 1 aromatic rings. The number of hydrogen-bond donors (Lipinski definition) is 2. The summed E-state index contributed by atoms with van der Waals surface area (Å²) in [6.45, 7) is 0.431. The second-order valence-corrected chi connectivity index (χ2v) is 6.84. The fourth-order valence-electron chi connectivity index (χ4n) is 2.89. The number of hydrogen-bond acceptors (Lipinski definition) is 5. The summed E-state index contributed by atoms with van der Waals surface area (Å²) in [4.78, 5) is 48.3. The molecule has 25 heavy (non-hydrogen) atoms. The van der Waals surface area contributed by atoms with Crippen LogP contribution in [0.1, 0.15) is 35.2 Å². The van der Waals surface area contributed by atoms with Gasteiger partial charge in [-0.3, -0.25) is 19.7 Å². The van der Waals surface area contributed by atoms with Gasteiger partial charge < -0.3 is 10.0 Å². The van der Waals surface area contributed by atoms with Crippen LogP contribution in [-0.4, -0.2) is 45.6 Å². The minimum Gasteiger partial charge on any atom is -0.480 e. The van der Waals surface area contributed by atoms with Gasteiger partial charge in [0.05, 0.1) is 4.91 Å². The van der Waals surface area contributed by atoms with Crippen molar-refractivity contribution in [1.29, 1.82) is 0 Å². The molecule has 130 valence electrons. The highest BCUT2D eigenvalue weighted by molar-refractivity contribution is 8.18. The van der Waals surface area contributed by atoms with Crippen molar-refractivity contribution in [3.63, 3.8) is 0 Å². The number of benzene rings is 1. The first kappa shape index (κ1) is 17.2.